The third kappa shape index (κ3) is 6.08. The van der Waals surface area contributed by atoms with Gasteiger partial charge in [-0.3, -0.25) is 5.32 Å². The van der Waals surface area contributed by atoms with Crippen LogP contribution in [0.4, 0.5) is 9.18 Å². The lowest BCUT2D eigenvalue weighted by atomic mass is 9.92. The molecule has 1 heterocycles. The topological polar surface area (TPSA) is 97.3 Å². The van der Waals surface area contributed by atoms with Crippen molar-refractivity contribution in [1.82, 2.24) is 9.62 Å². The van der Waals surface area contributed by atoms with Crippen molar-refractivity contribution in [3.63, 3.8) is 0 Å². The first-order valence-corrected chi connectivity index (χ1v) is 12.0. The van der Waals surface area contributed by atoms with Crippen molar-refractivity contribution < 1.29 is 27.1 Å². The Morgan fingerprint density at radius 3 is 2.42 bits per heavy atom. The number of amides is 1. The van der Waals surface area contributed by atoms with Crippen LogP contribution in [0.15, 0.2) is 59.6 Å². The highest BCUT2D eigenvalue weighted by molar-refractivity contribution is 7.89. The second kappa shape index (κ2) is 9.48. The summed E-state index contributed by atoms with van der Waals surface area (Å²) in [4.78, 5) is 16.9. The Balaban J connectivity index is 2.01. The third-order valence-corrected chi connectivity index (χ3v) is 6.75. The molecule has 3 rings (SSSR count). The number of aliphatic imine (C=N–C) groups is 1. The number of nitrogens with one attached hydrogen (secondary N) is 1. The second-order valence-electron chi connectivity index (χ2n) is 8.78. The molecule has 1 atom stereocenters. The highest BCUT2D eigenvalue weighted by atomic mass is 32.2. The summed E-state index contributed by atoms with van der Waals surface area (Å²) in [6, 6.07) is 15.1. The molecule has 1 N–H and O–H groups in total. The van der Waals surface area contributed by atoms with Gasteiger partial charge in [-0.05, 0) is 32.4 Å². The minimum absolute atomic E-state index is 0.0539. The highest BCUT2D eigenvalue weighted by Gasteiger charge is 2.46. The van der Waals surface area contributed by atoms with Crippen LogP contribution in [0.1, 0.15) is 31.9 Å². The van der Waals surface area contributed by atoms with Crippen LogP contribution < -0.4 is 5.32 Å². The molecule has 0 fully saturated rings. The average molecular weight is 478 g/mol. The Hall–Kier alpha value is -2.98. The fraction of sp³-hybridized carbons (Fsp3) is 0.391. The molecule has 0 bridgehead atoms. The van der Waals surface area contributed by atoms with Crippen molar-refractivity contribution in [3.8, 4) is 0 Å². The van der Waals surface area contributed by atoms with E-state index >= 15 is 0 Å². The van der Waals surface area contributed by atoms with E-state index in [1.165, 1.54) is 25.2 Å². The molecule has 2 aromatic rings. The zero-order valence-electron chi connectivity index (χ0n) is 19.0. The van der Waals surface area contributed by atoms with Crippen molar-refractivity contribution >= 4 is 22.1 Å². The van der Waals surface area contributed by atoms with E-state index in [1.54, 1.807) is 26.8 Å². The molecule has 8 nitrogen and oxygen atoms in total. The van der Waals surface area contributed by atoms with E-state index in [0.29, 0.717) is 0 Å². The van der Waals surface area contributed by atoms with Crippen LogP contribution in [0.2, 0.25) is 0 Å². The first kappa shape index (κ1) is 24.7. The van der Waals surface area contributed by atoms with Gasteiger partial charge >= 0.3 is 6.09 Å². The van der Waals surface area contributed by atoms with Crippen LogP contribution in [0, 0.1) is 5.82 Å². The standard InChI is InChI=1S/C23H28FN3O5S/c1-22(2,3)32-21(28)25-20-26-23(16-33(29,30)27(20)4,18-12-8-9-13-19(18)24)15-31-14-17-10-6-5-7-11-17/h5-13H,14-16H2,1-4H3,(H,25,26,28)/t23-/m0/s1. The summed E-state index contributed by atoms with van der Waals surface area (Å²) in [5.74, 6) is -1.44. The molecule has 0 spiro atoms. The number of carbonyl (C=O) groups excluding carboxylic acids is 1. The Labute approximate surface area is 193 Å². The van der Waals surface area contributed by atoms with Gasteiger partial charge in [0.1, 0.15) is 22.7 Å². The van der Waals surface area contributed by atoms with Crippen molar-refractivity contribution in [2.75, 3.05) is 19.4 Å². The number of benzene rings is 2. The zero-order valence-corrected chi connectivity index (χ0v) is 19.9. The number of ether oxygens (including phenoxy) is 2. The van der Waals surface area contributed by atoms with E-state index in [0.717, 1.165) is 9.87 Å². The fourth-order valence-electron chi connectivity index (χ4n) is 3.38. The number of hydrogen-bond donors (Lipinski definition) is 1. The molecule has 0 radical (unpaired) electrons. The minimum Gasteiger partial charge on any atom is -0.444 e. The SMILES string of the molecule is CN1C(NC(=O)OC(C)(C)C)=N[C@](COCc2ccccc2)(c2ccccc2F)CS1(=O)=O. The molecule has 10 heteroatoms. The van der Waals surface area contributed by atoms with Crippen molar-refractivity contribution in [3.05, 3.63) is 71.5 Å². The summed E-state index contributed by atoms with van der Waals surface area (Å²) in [6.45, 7) is 4.98. The smallest absolute Gasteiger partial charge is 0.414 e. The molecule has 1 amide bonds. The monoisotopic (exact) mass is 477 g/mol. The van der Waals surface area contributed by atoms with Gasteiger partial charge in [0.05, 0.1) is 13.2 Å². The lowest BCUT2D eigenvalue weighted by Crippen LogP contribution is -2.56. The Bertz CT molecular complexity index is 1130. The van der Waals surface area contributed by atoms with E-state index < -0.39 is 38.8 Å². The molecule has 1 aliphatic heterocycles. The number of hydrogen-bond acceptors (Lipinski definition) is 6. The highest BCUT2D eigenvalue weighted by Crippen LogP contribution is 2.35. The maximum absolute atomic E-state index is 14.9. The zero-order chi connectivity index (χ0) is 24.3. The van der Waals surface area contributed by atoms with Gasteiger partial charge in [-0.25, -0.2) is 26.9 Å². The first-order chi connectivity index (χ1) is 15.4. The number of guanidine groups is 1. The van der Waals surface area contributed by atoms with Crippen LogP contribution in [0.3, 0.4) is 0 Å². The van der Waals surface area contributed by atoms with Crippen molar-refractivity contribution in [2.45, 2.75) is 38.5 Å². The number of rotatable bonds is 5. The molecule has 178 valence electrons. The van der Waals surface area contributed by atoms with Gasteiger partial charge in [0.15, 0.2) is 0 Å². The molecule has 2 aromatic carbocycles. The lowest BCUT2D eigenvalue weighted by molar-refractivity contribution is 0.0554. The molecule has 1 aliphatic rings. The summed E-state index contributed by atoms with van der Waals surface area (Å²) in [6.07, 6.45) is -0.877. The van der Waals surface area contributed by atoms with Gasteiger partial charge in [0.25, 0.3) is 0 Å². The third-order valence-electron chi connectivity index (χ3n) is 4.90. The predicted octanol–water partition coefficient (Wildman–Crippen LogP) is 3.39. The summed E-state index contributed by atoms with van der Waals surface area (Å²) in [5, 5.41) is 2.39. The number of nitrogens with zero attached hydrogens (tertiary/aromatic N) is 2. The van der Waals surface area contributed by atoms with E-state index in [1.807, 2.05) is 30.3 Å². The maximum atomic E-state index is 14.9. The molecule has 0 aromatic heterocycles. The molecule has 0 unspecified atom stereocenters. The van der Waals surface area contributed by atoms with Crippen LogP contribution in [0.25, 0.3) is 0 Å². The van der Waals surface area contributed by atoms with Gasteiger partial charge in [0, 0.05) is 12.6 Å². The van der Waals surface area contributed by atoms with Crippen molar-refractivity contribution in [1.29, 1.82) is 0 Å². The first-order valence-electron chi connectivity index (χ1n) is 10.4. The quantitative estimate of drug-likeness (QED) is 0.712. The largest absolute Gasteiger partial charge is 0.444 e. The number of sulfonamides is 1. The van der Waals surface area contributed by atoms with E-state index in [2.05, 4.69) is 10.3 Å². The number of carbonyl (C=O) groups is 1. The van der Waals surface area contributed by atoms with Gasteiger partial charge in [-0.1, -0.05) is 48.5 Å². The van der Waals surface area contributed by atoms with Crippen LogP contribution in [-0.2, 0) is 31.6 Å². The van der Waals surface area contributed by atoms with Crippen molar-refractivity contribution in [2.24, 2.45) is 4.99 Å². The van der Waals surface area contributed by atoms with E-state index in [4.69, 9.17) is 9.47 Å². The number of halogens is 1. The van der Waals surface area contributed by atoms with Gasteiger partial charge in [-0.2, -0.15) is 0 Å². The summed E-state index contributed by atoms with van der Waals surface area (Å²) in [5.41, 5.74) is -1.50. The second-order valence-corrected chi connectivity index (χ2v) is 10.8. The summed E-state index contributed by atoms with van der Waals surface area (Å²) in [7, 11) is -2.72. The normalized spacial score (nSPS) is 20.2. The molecule has 0 saturated heterocycles. The minimum atomic E-state index is -3.98. The van der Waals surface area contributed by atoms with Crippen LogP contribution >= 0.6 is 0 Å². The Morgan fingerprint density at radius 1 is 1.15 bits per heavy atom. The van der Waals surface area contributed by atoms with Crippen LogP contribution in [0.5, 0.6) is 0 Å². The molecule has 33 heavy (non-hydrogen) atoms. The average Bonchev–Trinajstić information content (AvgIpc) is 2.71. The van der Waals surface area contributed by atoms with E-state index in [9.17, 15) is 17.6 Å². The maximum Gasteiger partial charge on any atom is 0.414 e. The lowest BCUT2D eigenvalue weighted by Gasteiger charge is -2.38. The van der Waals surface area contributed by atoms with Crippen LogP contribution in [-0.4, -0.2) is 49.8 Å². The Kier molecular flexibility index (Phi) is 7.08. The molecular formula is C23H28FN3O5S. The molecular weight excluding hydrogens is 449 g/mol. The molecule has 0 saturated carbocycles. The summed E-state index contributed by atoms with van der Waals surface area (Å²) >= 11 is 0. The Morgan fingerprint density at radius 2 is 1.79 bits per heavy atom. The van der Waals surface area contributed by atoms with E-state index in [-0.39, 0.29) is 24.7 Å². The fourth-order valence-corrected chi connectivity index (χ4v) is 4.83. The van der Waals surface area contributed by atoms with Gasteiger partial charge in [-0.15, -0.1) is 0 Å². The summed E-state index contributed by atoms with van der Waals surface area (Å²) < 4.78 is 52.9. The predicted molar refractivity (Wildman–Crippen MR) is 123 cm³/mol. The van der Waals surface area contributed by atoms with Gasteiger partial charge < -0.3 is 9.47 Å². The van der Waals surface area contributed by atoms with Gasteiger partial charge in [0.2, 0.25) is 16.0 Å². The number of alkyl carbamates (subject to hydrolysis) is 1. The molecule has 0 aliphatic carbocycles.